The van der Waals surface area contributed by atoms with Crippen molar-refractivity contribution in [3.05, 3.63) is 35.1 Å². The normalized spacial score (nSPS) is 12.2. The number of aryl methyl sites for hydroxylation is 2. The van der Waals surface area contributed by atoms with Crippen LogP contribution in [0.5, 0.6) is 0 Å². The van der Waals surface area contributed by atoms with E-state index < -0.39 is 0 Å². The van der Waals surface area contributed by atoms with Crippen LogP contribution >= 0.6 is 23.3 Å². The summed E-state index contributed by atoms with van der Waals surface area (Å²) >= 11 is 0. The predicted octanol–water partition coefficient (Wildman–Crippen LogP) is 5.16. The van der Waals surface area contributed by atoms with E-state index in [9.17, 15) is 0 Å². The highest BCUT2D eigenvalue weighted by atomic mass is 32.1. The highest BCUT2D eigenvalue weighted by Crippen LogP contribution is 2.47. The zero-order valence-corrected chi connectivity index (χ0v) is 10.5. The zero-order valence-electron chi connectivity index (χ0n) is 7.70. The molecule has 3 heteroatoms. The van der Waals surface area contributed by atoms with E-state index in [2.05, 4.69) is 38.1 Å². The van der Waals surface area contributed by atoms with Crippen molar-refractivity contribution in [2.24, 2.45) is 0 Å². The molecule has 1 aromatic heterocycles. The molecule has 0 aliphatic heterocycles. The summed E-state index contributed by atoms with van der Waals surface area (Å²) in [4.78, 5) is 0. The summed E-state index contributed by atoms with van der Waals surface area (Å²) in [6.07, 6.45) is 0. The van der Waals surface area contributed by atoms with Crippen LogP contribution in [-0.4, -0.2) is 0 Å². The van der Waals surface area contributed by atoms with E-state index in [1.54, 1.807) is 18.1 Å². The molecule has 0 nitrogen and oxygen atoms in total. The maximum Gasteiger partial charge on any atom is 0.0211 e. The number of hydrogen-bond donors (Lipinski definition) is 0. The maximum atomic E-state index is 2.27. The van der Waals surface area contributed by atoms with Gasteiger partial charge in [0.1, 0.15) is 0 Å². The minimum absolute atomic E-state index is 1.02. The van der Waals surface area contributed by atoms with Gasteiger partial charge in [0.05, 0.1) is 0 Å². The van der Waals surface area contributed by atoms with Crippen LogP contribution in [0.2, 0.25) is 0 Å². The van der Waals surface area contributed by atoms with Crippen molar-refractivity contribution < 1.29 is 0 Å². The first kappa shape index (κ1) is 9.42. The summed E-state index contributed by atoms with van der Waals surface area (Å²) in [5, 5.41) is 3.16. The first-order valence-corrected chi connectivity index (χ1v) is 8.56. The molecule has 1 heterocycles. The second-order valence-electron chi connectivity index (χ2n) is 3.10. The van der Waals surface area contributed by atoms with Crippen LogP contribution < -0.4 is 0 Å². The van der Waals surface area contributed by atoms with Crippen LogP contribution in [0.4, 0.5) is 0 Å². The molecular weight excluding hydrogens is 213 g/mol. The predicted molar refractivity (Wildman–Crippen MR) is 65.9 cm³/mol. The van der Waals surface area contributed by atoms with E-state index in [0.717, 1.165) is 7.87 Å². The minimum Gasteiger partial charge on any atom is -0.102 e. The quantitative estimate of drug-likeness (QED) is 0.627. The van der Waals surface area contributed by atoms with Crippen molar-refractivity contribution >= 4 is 23.3 Å². The summed E-state index contributed by atoms with van der Waals surface area (Å²) in [5.41, 5.74) is 2.87. The summed E-state index contributed by atoms with van der Waals surface area (Å²) in [6, 6.07) is 8.69. The van der Waals surface area contributed by atoms with Crippen LogP contribution in [0, 0.1) is 13.8 Å². The summed E-state index contributed by atoms with van der Waals surface area (Å²) < 4.78 is 0. The fourth-order valence-electron chi connectivity index (χ4n) is 1.37. The largest absolute Gasteiger partial charge is 0.102 e. The average Bonchev–Trinajstić information content (AvgIpc) is 2.52. The van der Waals surface area contributed by atoms with Gasteiger partial charge in [-0.2, -0.15) is 0 Å². The second-order valence-corrected chi connectivity index (χ2v) is 8.59. The molecule has 1 aromatic carbocycles. The molecule has 0 aliphatic rings. The fraction of sp³-hybridized carbons (Fsp3) is 0.200. The van der Waals surface area contributed by atoms with Crippen molar-refractivity contribution in [3.8, 4) is 10.9 Å². The highest BCUT2D eigenvalue weighted by molar-refractivity contribution is 8.18. The van der Waals surface area contributed by atoms with Gasteiger partial charge in [0, 0.05) is 5.30 Å². The smallest absolute Gasteiger partial charge is 0.0211 e. The summed E-state index contributed by atoms with van der Waals surface area (Å²) in [7, 11) is 4.09. The summed E-state index contributed by atoms with van der Waals surface area (Å²) in [6.45, 7) is 4.47. The Morgan fingerprint density at radius 2 is 1.92 bits per heavy atom. The standard InChI is InChI=1S/C10H11P3/c1-7-5-3-4-6-9(7)10-8(2)11-13-12-10/h3-6,11H,1-2H3. The zero-order chi connectivity index (χ0) is 9.26. The Kier molecular flexibility index (Phi) is 2.85. The van der Waals surface area contributed by atoms with E-state index in [0.29, 0.717) is 0 Å². The van der Waals surface area contributed by atoms with Gasteiger partial charge in [-0.25, -0.2) is 0 Å². The van der Waals surface area contributed by atoms with Gasteiger partial charge in [0.15, 0.2) is 0 Å². The lowest BCUT2D eigenvalue weighted by Gasteiger charge is -2.03. The average molecular weight is 224 g/mol. The molecule has 0 saturated heterocycles. The van der Waals surface area contributed by atoms with Gasteiger partial charge in [-0.15, -0.1) is 7.87 Å². The lowest BCUT2D eigenvalue weighted by atomic mass is 10.1. The Hall–Kier alpha value is -0.140. The molecule has 1 unspecified atom stereocenters. The molecule has 66 valence electrons. The second kappa shape index (κ2) is 3.93. The molecule has 0 spiro atoms. The van der Waals surface area contributed by atoms with Crippen molar-refractivity contribution in [3.63, 3.8) is 0 Å². The molecule has 0 N–H and O–H groups in total. The van der Waals surface area contributed by atoms with Crippen LogP contribution in [0.1, 0.15) is 10.9 Å². The van der Waals surface area contributed by atoms with Gasteiger partial charge in [0.25, 0.3) is 0 Å². The van der Waals surface area contributed by atoms with Crippen molar-refractivity contribution in [1.82, 2.24) is 0 Å². The molecule has 2 aromatic rings. The SMILES string of the molecule is Cc1ccccc1-c1pp[pH]c1C. The van der Waals surface area contributed by atoms with Crippen molar-refractivity contribution in [1.29, 1.82) is 0 Å². The van der Waals surface area contributed by atoms with Gasteiger partial charge in [-0.1, -0.05) is 24.3 Å². The Morgan fingerprint density at radius 3 is 2.54 bits per heavy atom. The molecule has 2 rings (SSSR count). The van der Waals surface area contributed by atoms with Crippen LogP contribution in [-0.2, 0) is 0 Å². The molecule has 0 radical (unpaired) electrons. The fourth-order valence-corrected chi connectivity index (χ4v) is 8.01. The van der Waals surface area contributed by atoms with E-state index in [1.165, 1.54) is 19.0 Å². The summed E-state index contributed by atoms with van der Waals surface area (Å²) in [5.74, 6) is 0. The van der Waals surface area contributed by atoms with E-state index >= 15 is 0 Å². The molecule has 13 heavy (non-hydrogen) atoms. The monoisotopic (exact) mass is 224 g/mol. The lowest BCUT2D eigenvalue weighted by molar-refractivity contribution is 1.47. The number of benzene rings is 1. The number of hydrogen-bond acceptors (Lipinski definition) is 0. The van der Waals surface area contributed by atoms with E-state index in [-0.39, 0.29) is 0 Å². The third-order valence-corrected chi connectivity index (χ3v) is 7.90. The molecular formula is C10H11P3. The third kappa shape index (κ3) is 1.87. The Morgan fingerprint density at radius 1 is 1.15 bits per heavy atom. The van der Waals surface area contributed by atoms with Crippen molar-refractivity contribution in [2.45, 2.75) is 13.8 Å². The first-order chi connectivity index (χ1) is 6.29. The molecule has 1 atom stereocenters. The van der Waals surface area contributed by atoms with E-state index in [4.69, 9.17) is 0 Å². The van der Waals surface area contributed by atoms with Crippen LogP contribution in [0.15, 0.2) is 24.3 Å². The topological polar surface area (TPSA) is 0 Å². The molecule has 0 aliphatic carbocycles. The highest BCUT2D eigenvalue weighted by Gasteiger charge is 2.04. The minimum atomic E-state index is 1.02. The van der Waals surface area contributed by atoms with Gasteiger partial charge < -0.3 is 0 Å². The molecule has 0 fully saturated rings. The van der Waals surface area contributed by atoms with Gasteiger partial charge >= 0.3 is 0 Å². The van der Waals surface area contributed by atoms with Gasteiger partial charge in [-0.05, 0) is 45.7 Å². The first-order valence-electron chi connectivity index (χ1n) is 4.22. The van der Waals surface area contributed by atoms with Crippen molar-refractivity contribution in [2.75, 3.05) is 0 Å². The molecule has 0 saturated carbocycles. The van der Waals surface area contributed by atoms with Gasteiger partial charge in [0.2, 0.25) is 0 Å². The molecule has 0 bridgehead atoms. The van der Waals surface area contributed by atoms with Crippen LogP contribution in [0.3, 0.4) is 0 Å². The Bertz CT molecular complexity index is 418. The maximum absolute atomic E-state index is 2.27. The van der Waals surface area contributed by atoms with Gasteiger partial charge in [-0.3, -0.25) is 0 Å². The van der Waals surface area contributed by atoms with E-state index in [1.807, 2.05) is 0 Å². The molecule has 0 amide bonds. The Balaban J connectivity index is 2.59. The van der Waals surface area contributed by atoms with Crippen LogP contribution in [0.25, 0.3) is 10.9 Å². The third-order valence-electron chi connectivity index (χ3n) is 2.12. The number of rotatable bonds is 1. The Labute approximate surface area is 83.5 Å². The lowest BCUT2D eigenvalue weighted by Crippen LogP contribution is -1.79.